The van der Waals surface area contributed by atoms with Gasteiger partial charge in [0.05, 0.1) is 11.7 Å². The molecule has 2 aliphatic rings. The minimum absolute atomic E-state index is 0.356. The van der Waals surface area contributed by atoms with E-state index in [0.29, 0.717) is 12.1 Å². The largest absolute Gasteiger partial charge is 0.389 e. The van der Waals surface area contributed by atoms with E-state index in [4.69, 9.17) is 4.74 Å². The third-order valence-electron chi connectivity index (χ3n) is 3.98. The summed E-state index contributed by atoms with van der Waals surface area (Å²) in [6, 6.07) is 0.458. The van der Waals surface area contributed by atoms with Crippen LogP contribution in [0.15, 0.2) is 0 Å². The van der Waals surface area contributed by atoms with Gasteiger partial charge in [0.25, 0.3) is 0 Å². The first-order chi connectivity index (χ1) is 7.23. The zero-order valence-electron chi connectivity index (χ0n) is 9.67. The van der Waals surface area contributed by atoms with E-state index in [1.807, 2.05) is 0 Å². The molecule has 2 atom stereocenters. The highest BCUT2D eigenvalue weighted by molar-refractivity contribution is 4.90. The number of rotatable bonds is 4. The van der Waals surface area contributed by atoms with Gasteiger partial charge in [0, 0.05) is 19.7 Å². The van der Waals surface area contributed by atoms with Crippen molar-refractivity contribution in [1.82, 2.24) is 5.32 Å². The fraction of sp³-hybridized carbons (Fsp3) is 1.00. The highest BCUT2D eigenvalue weighted by Crippen LogP contribution is 2.29. The Labute approximate surface area is 92.2 Å². The SMILES string of the molecule is COC1CCCC1NCC1(O)CCCC1. The first-order valence-corrected chi connectivity index (χ1v) is 6.22. The van der Waals surface area contributed by atoms with Crippen molar-refractivity contribution >= 4 is 0 Å². The maximum atomic E-state index is 10.2. The van der Waals surface area contributed by atoms with Gasteiger partial charge in [-0.05, 0) is 32.1 Å². The van der Waals surface area contributed by atoms with Crippen LogP contribution in [0.2, 0.25) is 0 Å². The van der Waals surface area contributed by atoms with Crippen LogP contribution in [0.25, 0.3) is 0 Å². The molecule has 0 aliphatic heterocycles. The van der Waals surface area contributed by atoms with Crippen molar-refractivity contribution in [2.75, 3.05) is 13.7 Å². The van der Waals surface area contributed by atoms with Gasteiger partial charge in [0.2, 0.25) is 0 Å². The number of methoxy groups -OCH3 is 1. The first kappa shape index (κ1) is 11.4. The van der Waals surface area contributed by atoms with Gasteiger partial charge in [-0.1, -0.05) is 12.8 Å². The van der Waals surface area contributed by atoms with Gasteiger partial charge in [-0.25, -0.2) is 0 Å². The summed E-state index contributed by atoms with van der Waals surface area (Å²) in [4.78, 5) is 0. The maximum Gasteiger partial charge on any atom is 0.0771 e. The Bertz CT molecular complexity index is 202. The van der Waals surface area contributed by atoms with Crippen LogP contribution in [0.5, 0.6) is 0 Å². The monoisotopic (exact) mass is 213 g/mol. The highest BCUT2D eigenvalue weighted by Gasteiger charge is 2.33. The second kappa shape index (κ2) is 4.81. The molecule has 3 heteroatoms. The lowest BCUT2D eigenvalue weighted by Crippen LogP contribution is -2.45. The minimum Gasteiger partial charge on any atom is -0.389 e. The highest BCUT2D eigenvalue weighted by atomic mass is 16.5. The van der Waals surface area contributed by atoms with Crippen LogP contribution >= 0.6 is 0 Å². The lowest BCUT2D eigenvalue weighted by molar-refractivity contribution is 0.0321. The van der Waals surface area contributed by atoms with E-state index in [1.165, 1.54) is 25.7 Å². The zero-order chi connectivity index (χ0) is 10.7. The van der Waals surface area contributed by atoms with Crippen LogP contribution in [-0.4, -0.2) is 36.5 Å². The van der Waals surface area contributed by atoms with Crippen LogP contribution < -0.4 is 5.32 Å². The molecule has 0 spiro atoms. The van der Waals surface area contributed by atoms with Crippen molar-refractivity contribution in [3.05, 3.63) is 0 Å². The van der Waals surface area contributed by atoms with Crippen molar-refractivity contribution in [2.45, 2.75) is 62.7 Å². The number of hydrogen-bond acceptors (Lipinski definition) is 3. The molecular formula is C12H23NO2. The molecule has 0 radical (unpaired) electrons. The fourth-order valence-corrected chi connectivity index (χ4v) is 2.97. The van der Waals surface area contributed by atoms with Gasteiger partial charge in [0.15, 0.2) is 0 Å². The molecule has 0 bridgehead atoms. The third-order valence-corrected chi connectivity index (χ3v) is 3.98. The maximum absolute atomic E-state index is 10.2. The Morgan fingerprint density at radius 2 is 2.00 bits per heavy atom. The summed E-state index contributed by atoms with van der Waals surface area (Å²) in [6.45, 7) is 0.748. The summed E-state index contributed by atoms with van der Waals surface area (Å²) in [6.07, 6.45) is 8.23. The normalized spacial score (nSPS) is 34.8. The average molecular weight is 213 g/mol. The van der Waals surface area contributed by atoms with Crippen LogP contribution in [0.1, 0.15) is 44.9 Å². The molecule has 0 aromatic carbocycles. The Balaban J connectivity index is 1.77. The van der Waals surface area contributed by atoms with Crippen LogP contribution in [0.4, 0.5) is 0 Å². The predicted molar refractivity (Wildman–Crippen MR) is 59.9 cm³/mol. The summed E-state index contributed by atoms with van der Waals surface area (Å²) in [5, 5.41) is 13.7. The Kier molecular flexibility index (Phi) is 3.65. The molecule has 2 rings (SSSR count). The summed E-state index contributed by atoms with van der Waals surface area (Å²) >= 11 is 0. The van der Waals surface area contributed by atoms with E-state index in [0.717, 1.165) is 25.8 Å². The summed E-state index contributed by atoms with van der Waals surface area (Å²) in [7, 11) is 1.79. The molecule has 15 heavy (non-hydrogen) atoms. The molecule has 2 aliphatic carbocycles. The van der Waals surface area contributed by atoms with Gasteiger partial charge in [0.1, 0.15) is 0 Å². The number of hydrogen-bond donors (Lipinski definition) is 2. The molecule has 2 saturated carbocycles. The van der Waals surface area contributed by atoms with E-state index >= 15 is 0 Å². The third kappa shape index (κ3) is 2.71. The average Bonchev–Trinajstić information content (AvgIpc) is 2.84. The predicted octanol–water partition coefficient (Wildman–Crippen LogP) is 1.45. The van der Waals surface area contributed by atoms with Crippen molar-refractivity contribution in [3.63, 3.8) is 0 Å². The van der Waals surface area contributed by atoms with E-state index < -0.39 is 5.60 Å². The molecule has 0 aromatic rings. The van der Waals surface area contributed by atoms with Crippen molar-refractivity contribution < 1.29 is 9.84 Å². The molecule has 2 unspecified atom stereocenters. The lowest BCUT2D eigenvalue weighted by atomic mass is 10.0. The van der Waals surface area contributed by atoms with E-state index in [9.17, 15) is 5.11 Å². The summed E-state index contributed by atoms with van der Waals surface area (Å²) in [5.74, 6) is 0. The minimum atomic E-state index is -0.430. The summed E-state index contributed by atoms with van der Waals surface area (Å²) < 4.78 is 5.43. The lowest BCUT2D eigenvalue weighted by Gasteiger charge is -2.27. The number of aliphatic hydroxyl groups is 1. The molecule has 0 amide bonds. The second-order valence-electron chi connectivity index (χ2n) is 5.12. The van der Waals surface area contributed by atoms with Crippen molar-refractivity contribution in [1.29, 1.82) is 0 Å². The summed E-state index contributed by atoms with van der Waals surface area (Å²) in [5.41, 5.74) is -0.430. The molecule has 0 aromatic heterocycles. The number of ether oxygens (including phenoxy) is 1. The molecule has 3 nitrogen and oxygen atoms in total. The van der Waals surface area contributed by atoms with Crippen LogP contribution in [-0.2, 0) is 4.74 Å². The van der Waals surface area contributed by atoms with Gasteiger partial charge < -0.3 is 15.2 Å². The van der Waals surface area contributed by atoms with Gasteiger partial charge in [-0.15, -0.1) is 0 Å². The molecule has 2 fully saturated rings. The Morgan fingerprint density at radius 3 is 2.67 bits per heavy atom. The standard InChI is InChI=1S/C12H23NO2/c1-15-11-6-4-5-10(11)13-9-12(14)7-2-3-8-12/h10-11,13-14H,2-9H2,1H3. The Morgan fingerprint density at radius 1 is 1.27 bits per heavy atom. The topological polar surface area (TPSA) is 41.5 Å². The smallest absolute Gasteiger partial charge is 0.0771 e. The second-order valence-corrected chi connectivity index (χ2v) is 5.12. The van der Waals surface area contributed by atoms with Crippen molar-refractivity contribution in [2.24, 2.45) is 0 Å². The van der Waals surface area contributed by atoms with Crippen LogP contribution in [0.3, 0.4) is 0 Å². The molecule has 0 heterocycles. The van der Waals surface area contributed by atoms with E-state index in [2.05, 4.69) is 5.32 Å². The Hall–Kier alpha value is -0.120. The van der Waals surface area contributed by atoms with E-state index in [-0.39, 0.29) is 0 Å². The van der Waals surface area contributed by atoms with Gasteiger partial charge >= 0.3 is 0 Å². The van der Waals surface area contributed by atoms with E-state index in [1.54, 1.807) is 7.11 Å². The van der Waals surface area contributed by atoms with Crippen LogP contribution in [0, 0.1) is 0 Å². The molecule has 2 N–H and O–H groups in total. The molecular weight excluding hydrogens is 190 g/mol. The fourth-order valence-electron chi connectivity index (χ4n) is 2.97. The van der Waals surface area contributed by atoms with Gasteiger partial charge in [-0.2, -0.15) is 0 Å². The first-order valence-electron chi connectivity index (χ1n) is 6.22. The van der Waals surface area contributed by atoms with Crippen molar-refractivity contribution in [3.8, 4) is 0 Å². The quantitative estimate of drug-likeness (QED) is 0.742. The number of nitrogens with one attached hydrogen (secondary N) is 1. The molecule has 0 saturated heterocycles. The van der Waals surface area contributed by atoms with Gasteiger partial charge in [-0.3, -0.25) is 0 Å². The zero-order valence-corrected chi connectivity index (χ0v) is 9.67. The molecule has 88 valence electrons.